The zero-order valence-electron chi connectivity index (χ0n) is 7.38. The Bertz CT molecular complexity index is 104. The first-order valence-electron chi connectivity index (χ1n) is 4.50. The number of ether oxygens (including phenoxy) is 1. The van der Waals surface area contributed by atoms with E-state index in [0.29, 0.717) is 12.7 Å². The van der Waals surface area contributed by atoms with E-state index in [9.17, 15) is 0 Å². The molecule has 0 saturated carbocycles. The van der Waals surface area contributed by atoms with Crippen LogP contribution in [0.25, 0.3) is 0 Å². The molecular formula is C9H18NO. The van der Waals surface area contributed by atoms with E-state index in [1.807, 2.05) is 0 Å². The number of likely N-dealkylation sites (tertiary alicyclic amines) is 1. The summed E-state index contributed by atoms with van der Waals surface area (Å²) in [5.74, 6) is 0. The van der Waals surface area contributed by atoms with Crippen LogP contribution in [0, 0.1) is 6.92 Å². The lowest BCUT2D eigenvalue weighted by atomic mass is 10.1. The van der Waals surface area contributed by atoms with E-state index in [1.165, 1.54) is 19.4 Å². The van der Waals surface area contributed by atoms with Crippen molar-refractivity contribution in [3.8, 4) is 0 Å². The average molecular weight is 156 g/mol. The second-order valence-electron chi connectivity index (χ2n) is 3.03. The summed E-state index contributed by atoms with van der Waals surface area (Å²) in [6.45, 7) is 10.0. The van der Waals surface area contributed by atoms with Gasteiger partial charge in [0, 0.05) is 13.2 Å². The second kappa shape index (κ2) is 4.73. The van der Waals surface area contributed by atoms with Crippen molar-refractivity contribution in [1.29, 1.82) is 0 Å². The lowest BCUT2D eigenvalue weighted by Crippen LogP contribution is -2.39. The highest BCUT2D eigenvalue weighted by Gasteiger charge is 2.17. The molecule has 0 bridgehead atoms. The Morgan fingerprint density at radius 3 is 3.09 bits per heavy atom. The molecule has 1 heterocycles. The maximum Gasteiger partial charge on any atom is 0.0702 e. The maximum absolute atomic E-state index is 5.46. The van der Waals surface area contributed by atoms with E-state index in [-0.39, 0.29) is 0 Å². The first kappa shape index (κ1) is 9.01. The van der Waals surface area contributed by atoms with Crippen LogP contribution in [0.3, 0.4) is 0 Å². The number of likely N-dealkylation sites (N-methyl/N-ethyl adjacent to an activating group) is 1. The topological polar surface area (TPSA) is 12.5 Å². The van der Waals surface area contributed by atoms with Gasteiger partial charge in [0.2, 0.25) is 0 Å². The molecule has 0 aliphatic carbocycles. The lowest BCUT2D eigenvalue weighted by molar-refractivity contribution is 0.0143. The predicted molar refractivity (Wildman–Crippen MR) is 46.4 cm³/mol. The minimum absolute atomic E-state index is 0.446. The molecular weight excluding hydrogens is 138 g/mol. The molecule has 65 valence electrons. The van der Waals surface area contributed by atoms with E-state index >= 15 is 0 Å². The van der Waals surface area contributed by atoms with Gasteiger partial charge in [-0.05, 0) is 32.9 Å². The monoisotopic (exact) mass is 156 g/mol. The molecule has 0 aromatic heterocycles. The molecule has 0 aromatic carbocycles. The fourth-order valence-corrected chi connectivity index (χ4v) is 1.60. The van der Waals surface area contributed by atoms with Crippen molar-refractivity contribution in [3.05, 3.63) is 6.92 Å². The van der Waals surface area contributed by atoms with Gasteiger partial charge in [0.05, 0.1) is 6.10 Å². The van der Waals surface area contributed by atoms with Crippen LogP contribution in [0.15, 0.2) is 0 Å². The van der Waals surface area contributed by atoms with Gasteiger partial charge in [0.25, 0.3) is 0 Å². The van der Waals surface area contributed by atoms with Crippen molar-refractivity contribution < 1.29 is 4.74 Å². The zero-order valence-corrected chi connectivity index (χ0v) is 7.38. The lowest BCUT2D eigenvalue weighted by Gasteiger charge is -2.31. The highest BCUT2D eigenvalue weighted by atomic mass is 16.5. The van der Waals surface area contributed by atoms with Crippen LogP contribution in [0.4, 0.5) is 0 Å². The van der Waals surface area contributed by atoms with Gasteiger partial charge in [-0.15, -0.1) is 0 Å². The van der Waals surface area contributed by atoms with Crippen LogP contribution in [-0.2, 0) is 4.74 Å². The number of piperidine rings is 1. The van der Waals surface area contributed by atoms with Gasteiger partial charge in [-0.2, -0.15) is 0 Å². The Balaban J connectivity index is 2.21. The summed E-state index contributed by atoms with van der Waals surface area (Å²) in [7, 11) is 0. The molecule has 2 nitrogen and oxygen atoms in total. The summed E-state index contributed by atoms with van der Waals surface area (Å²) < 4.78 is 5.46. The molecule has 0 aromatic rings. The quantitative estimate of drug-likeness (QED) is 0.611. The van der Waals surface area contributed by atoms with Crippen molar-refractivity contribution >= 4 is 0 Å². The Morgan fingerprint density at radius 2 is 2.45 bits per heavy atom. The molecule has 1 unspecified atom stereocenters. The number of nitrogens with zero attached hydrogens (tertiary/aromatic N) is 1. The normalized spacial score (nSPS) is 27.3. The molecule has 0 spiro atoms. The molecule has 0 N–H and O–H groups in total. The van der Waals surface area contributed by atoms with Crippen LogP contribution in [0.2, 0.25) is 0 Å². The number of rotatable bonds is 3. The minimum Gasteiger partial charge on any atom is -0.377 e. The van der Waals surface area contributed by atoms with Gasteiger partial charge < -0.3 is 9.64 Å². The van der Waals surface area contributed by atoms with Crippen LogP contribution >= 0.6 is 0 Å². The van der Waals surface area contributed by atoms with Gasteiger partial charge in [0.1, 0.15) is 0 Å². The Hall–Kier alpha value is -0.0800. The molecule has 1 radical (unpaired) electrons. The van der Waals surface area contributed by atoms with Crippen LogP contribution in [-0.4, -0.2) is 37.2 Å². The molecule has 0 amide bonds. The van der Waals surface area contributed by atoms with Gasteiger partial charge >= 0.3 is 0 Å². The number of hydrogen-bond donors (Lipinski definition) is 0. The summed E-state index contributed by atoms with van der Waals surface area (Å²) in [4.78, 5) is 2.43. The molecule has 1 atom stereocenters. The van der Waals surface area contributed by atoms with Crippen molar-refractivity contribution in [3.63, 3.8) is 0 Å². The van der Waals surface area contributed by atoms with Crippen LogP contribution in [0.1, 0.15) is 19.8 Å². The summed E-state index contributed by atoms with van der Waals surface area (Å²) in [6.07, 6.45) is 2.94. The van der Waals surface area contributed by atoms with Crippen molar-refractivity contribution in [1.82, 2.24) is 4.90 Å². The van der Waals surface area contributed by atoms with Crippen molar-refractivity contribution in [2.24, 2.45) is 0 Å². The largest absolute Gasteiger partial charge is 0.377 e. The summed E-state index contributed by atoms with van der Waals surface area (Å²) in [5, 5.41) is 0. The van der Waals surface area contributed by atoms with E-state index < -0.39 is 0 Å². The molecule has 1 fully saturated rings. The fourth-order valence-electron chi connectivity index (χ4n) is 1.60. The molecule has 1 aliphatic rings. The minimum atomic E-state index is 0.446. The predicted octanol–water partition coefficient (Wildman–Crippen LogP) is 1.32. The third-order valence-electron chi connectivity index (χ3n) is 2.26. The summed E-state index contributed by atoms with van der Waals surface area (Å²) >= 11 is 0. The summed E-state index contributed by atoms with van der Waals surface area (Å²) in [6, 6.07) is 0. The Labute approximate surface area is 69.5 Å². The first-order chi connectivity index (χ1) is 5.36. The van der Waals surface area contributed by atoms with Crippen molar-refractivity contribution in [2.75, 3.05) is 26.2 Å². The second-order valence-corrected chi connectivity index (χ2v) is 3.03. The number of hydrogen-bond acceptors (Lipinski definition) is 2. The van der Waals surface area contributed by atoms with E-state index in [0.717, 1.165) is 13.1 Å². The molecule has 2 heteroatoms. The van der Waals surface area contributed by atoms with E-state index in [1.54, 1.807) is 0 Å². The molecule has 1 saturated heterocycles. The Kier molecular flexibility index (Phi) is 3.87. The van der Waals surface area contributed by atoms with Crippen molar-refractivity contribution in [2.45, 2.75) is 25.9 Å². The van der Waals surface area contributed by atoms with Gasteiger partial charge in [-0.1, -0.05) is 6.92 Å². The fraction of sp³-hybridized carbons (Fsp3) is 0.889. The standard InChI is InChI=1S/C9H18NO/c1-3-10-7-5-6-9(8-10)11-4-2/h9H,2-8H2,1H3. The SMILES string of the molecule is [CH2]COC1CCCN(CC)C1. The van der Waals surface area contributed by atoms with E-state index in [4.69, 9.17) is 4.74 Å². The van der Waals surface area contributed by atoms with E-state index in [2.05, 4.69) is 18.7 Å². The third-order valence-corrected chi connectivity index (χ3v) is 2.26. The van der Waals surface area contributed by atoms with Gasteiger partial charge in [-0.25, -0.2) is 0 Å². The molecule has 11 heavy (non-hydrogen) atoms. The maximum atomic E-state index is 5.46. The Morgan fingerprint density at radius 1 is 1.64 bits per heavy atom. The van der Waals surface area contributed by atoms with Gasteiger partial charge in [0.15, 0.2) is 0 Å². The smallest absolute Gasteiger partial charge is 0.0702 e. The average Bonchev–Trinajstić information content (AvgIpc) is 2.06. The summed E-state index contributed by atoms with van der Waals surface area (Å²) in [5.41, 5.74) is 0. The highest BCUT2D eigenvalue weighted by Crippen LogP contribution is 2.12. The molecule has 1 rings (SSSR count). The first-order valence-corrected chi connectivity index (χ1v) is 4.50. The van der Waals surface area contributed by atoms with Crippen LogP contribution in [0.5, 0.6) is 0 Å². The molecule has 1 aliphatic heterocycles. The third kappa shape index (κ3) is 2.80. The van der Waals surface area contributed by atoms with Crippen LogP contribution < -0.4 is 0 Å². The highest BCUT2D eigenvalue weighted by molar-refractivity contribution is 4.72. The zero-order chi connectivity index (χ0) is 8.10. The van der Waals surface area contributed by atoms with Gasteiger partial charge in [-0.3, -0.25) is 0 Å².